The van der Waals surface area contributed by atoms with Crippen molar-refractivity contribution in [1.82, 2.24) is 19.5 Å². The van der Waals surface area contributed by atoms with Crippen LogP contribution >= 0.6 is 0 Å². The van der Waals surface area contributed by atoms with Crippen LogP contribution in [0.2, 0.25) is 0 Å². The average molecular weight is 791 g/mol. The number of aromatic nitrogens is 4. The van der Waals surface area contributed by atoms with E-state index < -0.39 is 0 Å². The first-order valence-electron chi connectivity index (χ1n) is 20.9. The lowest BCUT2D eigenvalue weighted by Gasteiger charge is -2.16. The summed E-state index contributed by atoms with van der Waals surface area (Å²) in [4.78, 5) is 16.2. The Morgan fingerprint density at radius 1 is 0.323 bits per heavy atom. The maximum absolute atomic E-state index is 6.67. The van der Waals surface area contributed by atoms with E-state index in [1.807, 2.05) is 18.2 Å². The average Bonchev–Trinajstić information content (AvgIpc) is 3.87. The SMILES string of the molecule is c1ccc(-c2cccc(-c3nc(-c4cc5c(cc4-n4c6cc7ccccc7cc6c6c7ccccc7ccc64)oc4ccccc45)nc(-c4cccc5ccccc45)n3)c2)cc1. The van der Waals surface area contributed by atoms with Crippen LogP contribution in [0.3, 0.4) is 0 Å². The van der Waals surface area contributed by atoms with E-state index in [9.17, 15) is 0 Å². The number of para-hydroxylation sites is 1. The summed E-state index contributed by atoms with van der Waals surface area (Å²) in [7, 11) is 0. The summed E-state index contributed by atoms with van der Waals surface area (Å²) in [5.74, 6) is 1.77. The van der Waals surface area contributed by atoms with Crippen LogP contribution in [0.25, 0.3) is 127 Å². The van der Waals surface area contributed by atoms with Crippen LogP contribution in [-0.2, 0) is 0 Å². The third-order valence-corrected chi connectivity index (χ3v) is 12.4. The Morgan fingerprint density at radius 3 is 1.77 bits per heavy atom. The smallest absolute Gasteiger partial charge is 0.166 e. The summed E-state index contributed by atoms with van der Waals surface area (Å²) < 4.78 is 9.06. The van der Waals surface area contributed by atoms with Crippen molar-refractivity contribution in [1.29, 1.82) is 0 Å². The topological polar surface area (TPSA) is 56.7 Å². The standard InChI is InChI=1S/C57H34N4O/c1-2-14-35(15-3-1)38-21-12-22-41(30-38)55-58-56(45-26-13-20-36-16-6-8-23-42(36)45)60-57(59-55)48-33-46-44-25-10-11-27-52(44)62-53(46)34-51(48)61-49-29-28-37-17-7-9-24-43(37)54(49)47-31-39-18-4-5-19-40(39)32-50(47)61/h1-34H. The molecule has 3 aromatic heterocycles. The number of hydrogen-bond acceptors (Lipinski definition) is 4. The molecule has 0 N–H and O–H groups in total. The van der Waals surface area contributed by atoms with Crippen molar-refractivity contribution in [2.75, 3.05) is 0 Å². The van der Waals surface area contributed by atoms with Crippen molar-refractivity contribution in [3.05, 3.63) is 206 Å². The van der Waals surface area contributed by atoms with Gasteiger partial charge in [0.15, 0.2) is 17.5 Å². The summed E-state index contributed by atoms with van der Waals surface area (Å²) in [6.45, 7) is 0. The van der Waals surface area contributed by atoms with Gasteiger partial charge in [-0.2, -0.15) is 0 Å². The highest BCUT2D eigenvalue weighted by molar-refractivity contribution is 6.23. The molecule has 5 heteroatoms. The minimum absolute atomic E-state index is 0.571. The second kappa shape index (κ2) is 13.6. The molecule has 5 nitrogen and oxygen atoms in total. The van der Waals surface area contributed by atoms with Gasteiger partial charge in [-0.1, -0.05) is 164 Å². The van der Waals surface area contributed by atoms with Gasteiger partial charge in [0.2, 0.25) is 0 Å². The predicted octanol–water partition coefficient (Wildman–Crippen LogP) is 15.0. The quantitative estimate of drug-likeness (QED) is 0.174. The highest BCUT2D eigenvalue weighted by Crippen LogP contribution is 2.43. The van der Waals surface area contributed by atoms with Gasteiger partial charge in [-0.3, -0.25) is 0 Å². The zero-order valence-electron chi connectivity index (χ0n) is 33.3. The lowest BCUT2D eigenvalue weighted by atomic mass is 10.0. The molecule has 0 aliphatic carbocycles. The molecule has 0 atom stereocenters. The van der Waals surface area contributed by atoms with Crippen LogP contribution in [0.4, 0.5) is 0 Å². The Hall–Kier alpha value is -8.41. The van der Waals surface area contributed by atoms with Crippen molar-refractivity contribution in [2.45, 2.75) is 0 Å². The van der Waals surface area contributed by atoms with Gasteiger partial charge in [-0.05, 0) is 79.8 Å². The van der Waals surface area contributed by atoms with Crippen molar-refractivity contribution < 1.29 is 4.42 Å². The van der Waals surface area contributed by atoms with E-state index in [1.165, 1.54) is 32.3 Å². The molecule has 62 heavy (non-hydrogen) atoms. The van der Waals surface area contributed by atoms with E-state index >= 15 is 0 Å². The maximum Gasteiger partial charge on any atom is 0.166 e. The van der Waals surface area contributed by atoms with E-state index in [0.717, 1.165) is 77.2 Å². The lowest BCUT2D eigenvalue weighted by molar-refractivity contribution is 0.668. The highest BCUT2D eigenvalue weighted by Gasteiger charge is 2.24. The molecule has 288 valence electrons. The van der Waals surface area contributed by atoms with Gasteiger partial charge in [-0.15, -0.1) is 0 Å². The Balaban J connectivity index is 1.16. The zero-order valence-corrected chi connectivity index (χ0v) is 33.3. The Morgan fingerprint density at radius 2 is 0.935 bits per heavy atom. The van der Waals surface area contributed by atoms with Gasteiger partial charge in [0.25, 0.3) is 0 Å². The van der Waals surface area contributed by atoms with E-state index in [4.69, 9.17) is 19.4 Å². The molecule has 13 rings (SSSR count). The summed E-state index contributed by atoms with van der Waals surface area (Å²) in [6, 6.07) is 72.8. The number of benzene rings is 10. The summed E-state index contributed by atoms with van der Waals surface area (Å²) in [5, 5.41) is 11.4. The largest absolute Gasteiger partial charge is 0.456 e. The highest BCUT2D eigenvalue weighted by atomic mass is 16.3. The van der Waals surface area contributed by atoms with Crippen LogP contribution in [0.15, 0.2) is 211 Å². The minimum Gasteiger partial charge on any atom is -0.456 e. The molecule has 0 saturated carbocycles. The van der Waals surface area contributed by atoms with Crippen LogP contribution < -0.4 is 0 Å². The van der Waals surface area contributed by atoms with Crippen LogP contribution in [0, 0.1) is 0 Å². The second-order valence-corrected chi connectivity index (χ2v) is 16.0. The molecule has 0 fully saturated rings. The third kappa shape index (κ3) is 5.38. The maximum atomic E-state index is 6.67. The van der Waals surface area contributed by atoms with Crippen LogP contribution in [0.1, 0.15) is 0 Å². The van der Waals surface area contributed by atoms with Crippen molar-refractivity contribution in [3.8, 4) is 51.0 Å². The van der Waals surface area contributed by atoms with Crippen LogP contribution in [0.5, 0.6) is 0 Å². The molecule has 0 amide bonds. The summed E-state index contributed by atoms with van der Waals surface area (Å²) in [6.07, 6.45) is 0. The van der Waals surface area contributed by atoms with Gasteiger partial charge >= 0.3 is 0 Å². The molecule has 0 radical (unpaired) electrons. The zero-order chi connectivity index (χ0) is 40.7. The first-order chi connectivity index (χ1) is 30.7. The number of furan rings is 1. The number of hydrogen-bond donors (Lipinski definition) is 0. The van der Waals surface area contributed by atoms with E-state index in [1.54, 1.807) is 0 Å². The molecule has 0 bridgehead atoms. The molecule has 13 aromatic rings. The monoisotopic (exact) mass is 790 g/mol. The third-order valence-electron chi connectivity index (χ3n) is 12.4. The molecule has 0 unspecified atom stereocenters. The fraction of sp³-hybridized carbons (Fsp3) is 0. The normalized spacial score (nSPS) is 11.9. The van der Waals surface area contributed by atoms with Gasteiger partial charge in [-0.25, -0.2) is 15.0 Å². The van der Waals surface area contributed by atoms with Gasteiger partial charge in [0.05, 0.1) is 16.7 Å². The molecular weight excluding hydrogens is 757 g/mol. The number of fused-ring (bicyclic) bond motifs is 10. The number of rotatable bonds is 5. The fourth-order valence-electron chi connectivity index (χ4n) is 9.49. The second-order valence-electron chi connectivity index (χ2n) is 16.0. The summed E-state index contributed by atoms with van der Waals surface area (Å²) in [5.41, 5.74) is 9.65. The van der Waals surface area contributed by atoms with Crippen molar-refractivity contribution in [2.24, 2.45) is 0 Å². The van der Waals surface area contributed by atoms with Crippen molar-refractivity contribution in [3.63, 3.8) is 0 Å². The minimum atomic E-state index is 0.571. The Labute approximate surface area is 355 Å². The molecule has 0 spiro atoms. The summed E-state index contributed by atoms with van der Waals surface area (Å²) >= 11 is 0. The molecule has 3 heterocycles. The Bertz CT molecular complexity index is 3930. The van der Waals surface area contributed by atoms with E-state index in [2.05, 4.69) is 193 Å². The fourth-order valence-corrected chi connectivity index (χ4v) is 9.49. The van der Waals surface area contributed by atoms with Gasteiger partial charge < -0.3 is 8.98 Å². The van der Waals surface area contributed by atoms with Crippen LogP contribution in [-0.4, -0.2) is 19.5 Å². The van der Waals surface area contributed by atoms with Gasteiger partial charge in [0, 0.05) is 44.3 Å². The van der Waals surface area contributed by atoms with E-state index in [-0.39, 0.29) is 0 Å². The molecule has 0 saturated heterocycles. The Kier molecular flexibility index (Phi) is 7.54. The first-order valence-corrected chi connectivity index (χ1v) is 20.9. The molecule has 0 aliphatic heterocycles. The van der Waals surface area contributed by atoms with Gasteiger partial charge in [0.1, 0.15) is 11.2 Å². The molecule has 10 aromatic carbocycles. The number of nitrogens with zero attached hydrogens (tertiary/aromatic N) is 4. The lowest BCUT2D eigenvalue weighted by Crippen LogP contribution is -2.04. The van der Waals surface area contributed by atoms with E-state index in [0.29, 0.717) is 17.5 Å². The van der Waals surface area contributed by atoms with Crippen molar-refractivity contribution >= 4 is 76.1 Å². The first kappa shape index (κ1) is 34.5. The molecule has 0 aliphatic rings. The predicted molar refractivity (Wildman–Crippen MR) is 256 cm³/mol. The molecular formula is C57H34N4O.